The highest BCUT2D eigenvalue weighted by molar-refractivity contribution is 5.92. The van der Waals surface area contributed by atoms with Gasteiger partial charge in [0.05, 0.1) is 19.7 Å². The van der Waals surface area contributed by atoms with Gasteiger partial charge in [0.2, 0.25) is 5.95 Å². The number of rotatable bonds is 5. The first kappa shape index (κ1) is 21.2. The van der Waals surface area contributed by atoms with Crippen molar-refractivity contribution in [2.24, 2.45) is 11.8 Å². The van der Waals surface area contributed by atoms with E-state index < -0.39 is 0 Å². The van der Waals surface area contributed by atoms with Crippen LogP contribution in [-0.2, 0) is 4.79 Å². The number of allylic oxidation sites excluding steroid dienone is 2. The zero-order chi connectivity index (χ0) is 22.1. The molecular formula is C23H31N5O3. The minimum absolute atomic E-state index is 0.248. The third-order valence-electron chi connectivity index (χ3n) is 6.39. The highest BCUT2D eigenvalue weighted by Crippen LogP contribution is 2.35. The van der Waals surface area contributed by atoms with Crippen LogP contribution < -0.4 is 20.1 Å². The molecule has 8 heteroatoms. The van der Waals surface area contributed by atoms with Crippen molar-refractivity contribution < 1.29 is 14.3 Å². The second kappa shape index (κ2) is 8.61. The molecule has 1 atom stereocenters. The molecule has 1 aliphatic carbocycles. The summed E-state index contributed by atoms with van der Waals surface area (Å²) in [7, 11) is 3.19. The van der Waals surface area contributed by atoms with Crippen molar-refractivity contribution in [3.05, 3.63) is 23.9 Å². The number of hydrogen-bond donors (Lipinski definition) is 1. The summed E-state index contributed by atoms with van der Waals surface area (Å²) in [6.45, 7) is 7.61. The highest BCUT2D eigenvalue weighted by atomic mass is 16.5. The minimum atomic E-state index is 0.248. The van der Waals surface area contributed by atoms with Gasteiger partial charge in [-0.05, 0) is 24.3 Å². The number of fused-ring (bicyclic) bond motifs is 1. The van der Waals surface area contributed by atoms with E-state index in [2.05, 4.69) is 28.6 Å². The molecule has 1 saturated heterocycles. The Labute approximate surface area is 183 Å². The van der Waals surface area contributed by atoms with E-state index >= 15 is 0 Å². The molecule has 166 valence electrons. The van der Waals surface area contributed by atoms with Crippen LogP contribution in [0.4, 0.5) is 11.8 Å². The molecule has 1 aliphatic heterocycles. The average molecular weight is 426 g/mol. The van der Waals surface area contributed by atoms with E-state index in [-0.39, 0.29) is 5.78 Å². The van der Waals surface area contributed by atoms with Crippen molar-refractivity contribution in [2.75, 3.05) is 51.0 Å². The van der Waals surface area contributed by atoms with Gasteiger partial charge in [-0.3, -0.25) is 4.79 Å². The maximum absolute atomic E-state index is 12.2. The summed E-state index contributed by atoms with van der Waals surface area (Å²) < 4.78 is 10.8. The fourth-order valence-electron chi connectivity index (χ4n) is 4.40. The van der Waals surface area contributed by atoms with Crippen LogP contribution in [0.3, 0.4) is 0 Å². The van der Waals surface area contributed by atoms with Crippen molar-refractivity contribution >= 4 is 28.5 Å². The molecule has 0 radical (unpaired) electrons. The number of anilines is 2. The number of nitrogen functional groups attached to an aromatic ring is 1. The Bertz CT molecular complexity index is 1010. The second-order valence-corrected chi connectivity index (χ2v) is 8.62. The van der Waals surface area contributed by atoms with Crippen LogP contribution in [0.2, 0.25) is 0 Å². The van der Waals surface area contributed by atoms with Gasteiger partial charge in [-0.25, -0.2) is 4.98 Å². The van der Waals surface area contributed by atoms with E-state index in [0.717, 1.165) is 43.5 Å². The summed E-state index contributed by atoms with van der Waals surface area (Å²) >= 11 is 0. The number of ketones is 1. The normalized spacial score (nSPS) is 19.7. The molecule has 2 aromatic rings. The maximum atomic E-state index is 12.2. The molecule has 0 amide bonds. The topological polar surface area (TPSA) is 93.8 Å². The smallest absolute Gasteiger partial charge is 0.228 e. The number of benzene rings is 1. The van der Waals surface area contributed by atoms with Crippen molar-refractivity contribution in [3.63, 3.8) is 0 Å². The van der Waals surface area contributed by atoms with Gasteiger partial charge < -0.3 is 25.0 Å². The van der Waals surface area contributed by atoms with Gasteiger partial charge in [0, 0.05) is 55.8 Å². The summed E-state index contributed by atoms with van der Waals surface area (Å²) in [5, 5.41) is 0.741. The van der Waals surface area contributed by atoms with Crippen molar-refractivity contribution in [2.45, 2.75) is 26.7 Å². The monoisotopic (exact) mass is 425 g/mol. The van der Waals surface area contributed by atoms with Gasteiger partial charge in [-0.2, -0.15) is 4.98 Å². The van der Waals surface area contributed by atoms with Crippen LogP contribution in [0, 0.1) is 11.8 Å². The number of carbonyl (C=O) groups excluding carboxylic acids is 1. The Morgan fingerprint density at radius 1 is 1.00 bits per heavy atom. The maximum Gasteiger partial charge on any atom is 0.228 e. The highest BCUT2D eigenvalue weighted by Gasteiger charge is 2.28. The molecule has 0 spiro atoms. The number of aromatic nitrogens is 2. The summed E-state index contributed by atoms with van der Waals surface area (Å²) in [4.78, 5) is 26.0. The Hall–Kier alpha value is -3.03. The Morgan fingerprint density at radius 3 is 2.29 bits per heavy atom. The lowest BCUT2D eigenvalue weighted by Crippen LogP contribution is -2.47. The molecule has 2 heterocycles. The van der Waals surface area contributed by atoms with Crippen LogP contribution in [-0.4, -0.2) is 61.0 Å². The van der Waals surface area contributed by atoms with Crippen LogP contribution in [0.15, 0.2) is 23.9 Å². The molecule has 2 aliphatic rings. The molecular weight excluding hydrogens is 394 g/mol. The molecule has 1 aromatic carbocycles. The number of carbonyl (C=O) groups is 1. The van der Waals surface area contributed by atoms with Gasteiger partial charge >= 0.3 is 0 Å². The Kier molecular flexibility index (Phi) is 5.89. The third-order valence-corrected chi connectivity index (χ3v) is 6.39. The van der Waals surface area contributed by atoms with E-state index in [1.165, 1.54) is 5.70 Å². The predicted octanol–water partition coefficient (Wildman–Crippen LogP) is 2.87. The number of hydrogen-bond acceptors (Lipinski definition) is 8. The zero-order valence-corrected chi connectivity index (χ0v) is 18.7. The first-order chi connectivity index (χ1) is 14.9. The molecule has 31 heavy (non-hydrogen) atoms. The molecule has 0 bridgehead atoms. The summed E-state index contributed by atoms with van der Waals surface area (Å²) in [5.41, 5.74) is 8.15. The van der Waals surface area contributed by atoms with Crippen molar-refractivity contribution in [1.29, 1.82) is 0 Å². The van der Waals surface area contributed by atoms with Crippen LogP contribution in [0.5, 0.6) is 11.5 Å². The van der Waals surface area contributed by atoms with Crippen LogP contribution >= 0.6 is 0 Å². The van der Waals surface area contributed by atoms with Gasteiger partial charge in [-0.1, -0.05) is 13.8 Å². The van der Waals surface area contributed by atoms with E-state index in [1.807, 2.05) is 18.2 Å². The van der Waals surface area contributed by atoms with Crippen LogP contribution in [0.1, 0.15) is 26.7 Å². The molecule has 2 N–H and O–H groups in total. The number of nitrogens with zero attached hydrogens (tertiary/aromatic N) is 4. The largest absolute Gasteiger partial charge is 0.493 e. The van der Waals surface area contributed by atoms with E-state index in [0.29, 0.717) is 41.5 Å². The number of ether oxygens (including phenoxy) is 2. The molecule has 0 saturated carbocycles. The SMILES string of the molecule is COc1cc2nc(N3CCN(C4=CC(=O)CC(C(C)C)C4)CC3)nc(N)c2cc1OC. The number of piperazine rings is 1. The third kappa shape index (κ3) is 4.24. The van der Waals surface area contributed by atoms with Gasteiger partial charge in [-0.15, -0.1) is 0 Å². The first-order valence-corrected chi connectivity index (χ1v) is 10.8. The summed E-state index contributed by atoms with van der Waals surface area (Å²) in [5.74, 6) is 3.44. The predicted molar refractivity (Wildman–Crippen MR) is 121 cm³/mol. The Balaban J connectivity index is 1.51. The summed E-state index contributed by atoms with van der Waals surface area (Å²) in [6.07, 6.45) is 3.49. The van der Waals surface area contributed by atoms with E-state index in [1.54, 1.807) is 14.2 Å². The van der Waals surface area contributed by atoms with Crippen molar-refractivity contribution in [1.82, 2.24) is 14.9 Å². The number of methoxy groups -OCH3 is 2. The van der Waals surface area contributed by atoms with Gasteiger partial charge in [0.25, 0.3) is 0 Å². The fraction of sp³-hybridized carbons (Fsp3) is 0.522. The Morgan fingerprint density at radius 2 is 1.65 bits per heavy atom. The lowest BCUT2D eigenvalue weighted by molar-refractivity contribution is -0.116. The average Bonchev–Trinajstić information content (AvgIpc) is 2.77. The zero-order valence-electron chi connectivity index (χ0n) is 18.7. The molecule has 4 rings (SSSR count). The molecule has 8 nitrogen and oxygen atoms in total. The van der Waals surface area contributed by atoms with E-state index in [4.69, 9.17) is 20.2 Å². The number of nitrogens with two attached hydrogens (primary N) is 1. The standard InChI is InChI=1S/C23H31N5O3/c1-14(2)15-9-16(11-17(29)10-15)27-5-7-28(8-6-27)23-25-19-13-21(31-4)20(30-3)12-18(19)22(24)26-23/h11-15H,5-10H2,1-4H3,(H2,24,25,26). The quantitative estimate of drug-likeness (QED) is 0.782. The lowest BCUT2D eigenvalue weighted by Gasteiger charge is -2.39. The molecule has 1 aromatic heterocycles. The molecule has 1 fully saturated rings. The first-order valence-electron chi connectivity index (χ1n) is 10.8. The fourth-order valence-corrected chi connectivity index (χ4v) is 4.40. The van der Waals surface area contributed by atoms with Gasteiger partial charge in [0.1, 0.15) is 5.82 Å². The van der Waals surface area contributed by atoms with Crippen LogP contribution in [0.25, 0.3) is 10.9 Å². The van der Waals surface area contributed by atoms with Crippen molar-refractivity contribution in [3.8, 4) is 11.5 Å². The van der Waals surface area contributed by atoms with E-state index in [9.17, 15) is 4.79 Å². The molecule has 1 unspecified atom stereocenters. The summed E-state index contributed by atoms with van der Waals surface area (Å²) in [6, 6.07) is 3.64. The lowest BCUT2D eigenvalue weighted by atomic mass is 9.82. The van der Waals surface area contributed by atoms with Gasteiger partial charge in [0.15, 0.2) is 17.3 Å². The second-order valence-electron chi connectivity index (χ2n) is 8.62. The minimum Gasteiger partial charge on any atom is -0.493 e.